The molecule has 3 nitrogen and oxygen atoms in total. The molecule has 0 saturated carbocycles. The number of phenols is 1. The van der Waals surface area contributed by atoms with Gasteiger partial charge in [0.25, 0.3) is 0 Å². The molecule has 0 aliphatic heterocycles. The van der Waals surface area contributed by atoms with E-state index in [-0.39, 0.29) is 5.75 Å². The number of rotatable bonds is 5. The van der Waals surface area contributed by atoms with Crippen LogP contribution in [0.1, 0.15) is 0 Å². The quantitative estimate of drug-likeness (QED) is 0.173. The van der Waals surface area contributed by atoms with Crippen molar-refractivity contribution in [1.29, 1.82) is 0 Å². The van der Waals surface area contributed by atoms with E-state index in [1.807, 2.05) is 18.2 Å². The molecule has 0 fully saturated rings. The van der Waals surface area contributed by atoms with E-state index in [9.17, 15) is 5.11 Å². The van der Waals surface area contributed by atoms with E-state index < -0.39 is 0 Å². The third-order valence-electron chi connectivity index (χ3n) is 13.2. The zero-order chi connectivity index (χ0) is 41.6. The first-order chi connectivity index (χ1) is 31.2. The van der Waals surface area contributed by atoms with Crippen LogP contribution in [-0.2, 0) is 0 Å². The van der Waals surface area contributed by atoms with Crippen molar-refractivity contribution in [2.24, 2.45) is 0 Å². The molecule has 3 heteroatoms. The lowest BCUT2D eigenvalue weighted by atomic mass is 9.85. The van der Waals surface area contributed by atoms with E-state index in [0.29, 0.717) is 0 Å². The van der Waals surface area contributed by atoms with Crippen LogP contribution in [0, 0.1) is 0 Å². The second-order valence-electron chi connectivity index (χ2n) is 16.6. The van der Waals surface area contributed by atoms with Gasteiger partial charge in [0.15, 0.2) is 0 Å². The van der Waals surface area contributed by atoms with Gasteiger partial charge >= 0.3 is 0 Å². The van der Waals surface area contributed by atoms with Gasteiger partial charge in [-0.2, -0.15) is 0 Å². The molecule has 0 aliphatic carbocycles. The summed E-state index contributed by atoms with van der Waals surface area (Å²) >= 11 is 0. The standard InChI is InChI=1S/C60H38N2O/c63-43-33-38-15-7-8-20-46(38)55(36-43)60-51-25-13-23-44(39-29-31-49-47-21-9-11-27-56(47)61(58(49)34-39)41-16-3-1-4-17-41)53(51)37-54-45(24-14-26-52(54)60)40-30-32-50-48-22-10-12-28-57(48)62(59(50)35-40)42-18-5-2-6-19-42/h1-37,63H. The van der Waals surface area contributed by atoms with E-state index >= 15 is 0 Å². The number of benzene rings is 11. The molecule has 0 spiro atoms. The van der Waals surface area contributed by atoms with Crippen LogP contribution in [0.25, 0.3) is 121 Å². The summed E-state index contributed by atoms with van der Waals surface area (Å²) in [5, 5.41) is 22.9. The Labute approximate surface area is 363 Å². The molecular formula is C60H38N2O. The number of phenolic OH excluding ortho intramolecular Hbond substituents is 1. The van der Waals surface area contributed by atoms with E-state index in [2.05, 4.69) is 215 Å². The number of para-hydroxylation sites is 4. The summed E-state index contributed by atoms with van der Waals surface area (Å²) in [7, 11) is 0. The first kappa shape index (κ1) is 35.4. The van der Waals surface area contributed by atoms with Gasteiger partial charge in [-0.1, -0.05) is 158 Å². The topological polar surface area (TPSA) is 30.1 Å². The normalized spacial score (nSPS) is 11.9. The molecule has 2 heterocycles. The number of aromatic nitrogens is 2. The average molecular weight is 803 g/mol. The van der Waals surface area contributed by atoms with Crippen molar-refractivity contribution in [3.8, 4) is 50.5 Å². The van der Waals surface area contributed by atoms with Crippen LogP contribution >= 0.6 is 0 Å². The van der Waals surface area contributed by atoms with Crippen molar-refractivity contribution in [2.45, 2.75) is 0 Å². The molecule has 13 rings (SSSR count). The van der Waals surface area contributed by atoms with Crippen LogP contribution in [0.3, 0.4) is 0 Å². The molecule has 13 aromatic rings. The highest BCUT2D eigenvalue weighted by molar-refractivity contribution is 6.22. The predicted octanol–water partition coefficient (Wildman–Crippen LogP) is 16.0. The summed E-state index contributed by atoms with van der Waals surface area (Å²) in [6.45, 7) is 0. The molecule has 11 aromatic carbocycles. The Balaban J connectivity index is 1.13. The van der Waals surface area contributed by atoms with Crippen LogP contribution < -0.4 is 0 Å². The van der Waals surface area contributed by atoms with Gasteiger partial charge in [-0.25, -0.2) is 0 Å². The molecule has 63 heavy (non-hydrogen) atoms. The monoisotopic (exact) mass is 802 g/mol. The fourth-order valence-corrected chi connectivity index (χ4v) is 10.4. The predicted molar refractivity (Wildman–Crippen MR) is 266 cm³/mol. The highest BCUT2D eigenvalue weighted by Crippen LogP contribution is 2.47. The lowest BCUT2D eigenvalue weighted by molar-refractivity contribution is 0.476. The first-order valence-corrected chi connectivity index (χ1v) is 21.6. The van der Waals surface area contributed by atoms with E-state index in [0.717, 1.165) is 77.1 Å². The van der Waals surface area contributed by atoms with Gasteiger partial charge < -0.3 is 14.2 Å². The van der Waals surface area contributed by atoms with Crippen LogP contribution in [-0.4, -0.2) is 14.2 Å². The van der Waals surface area contributed by atoms with Crippen LogP contribution in [0.15, 0.2) is 224 Å². The number of hydrogen-bond acceptors (Lipinski definition) is 1. The SMILES string of the molecule is Oc1cc(-c2c3cccc(-c4ccc5c6ccccc6n(-c6ccccc6)c5c4)c3cc3c(-c4ccc5c6ccccc6n(-c6ccccc6)c5c4)cccc23)c2ccccc2c1. The number of fused-ring (bicyclic) bond motifs is 9. The molecule has 0 saturated heterocycles. The second-order valence-corrected chi connectivity index (χ2v) is 16.6. The Morgan fingerprint density at radius 3 is 1.25 bits per heavy atom. The van der Waals surface area contributed by atoms with Gasteiger partial charge in [-0.15, -0.1) is 0 Å². The maximum Gasteiger partial charge on any atom is 0.116 e. The van der Waals surface area contributed by atoms with E-state index in [1.165, 1.54) is 43.6 Å². The lowest BCUT2D eigenvalue weighted by Crippen LogP contribution is -1.94. The van der Waals surface area contributed by atoms with E-state index in [1.54, 1.807) is 0 Å². The second kappa shape index (κ2) is 13.8. The van der Waals surface area contributed by atoms with Crippen LogP contribution in [0.4, 0.5) is 0 Å². The fourth-order valence-electron chi connectivity index (χ4n) is 10.4. The smallest absolute Gasteiger partial charge is 0.116 e. The molecule has 0 bridgehead atoms. The molecule has 0 radical (unpaired) electrons. The Morgan fingerprint density at radius 2 is 0.714 bits per heavy atom. The Kier molecular flexibility index (Phi) is 7.76. The van der Waals surface area contributed by atoms with Crippen molar-refractivity contribution in [3.05, 3.63) is 224 Å². The summed E-state index contributed by atoms with van der Waals surface area (Å²) in [5.74, 6) is 0.250. The molecule has 0 unspecified atom stereocenters. The highest BCUT2D eigenvalue weighted by atomic mass is 16.3. The van der Waals surface area contributed by atoms with Crippen molar-refractivity contribution in [1.82, 2.24) is 9.13 Å². The van der Waals surface area contributed by atoms with Crippen molar-refractivity contribution in [3.63, 3.8) is 0 Å². The summed E-state index contributed by atoms with van der Waals surface area (Å²) in [5.41, 5.74) is 13.7. The summed E-state index contributed by atoms with van der Waals surface area (Å²) in [6, 6.07) is 80.7. The number of nitrogens with zero attached hydrogens (tertiary/aromatic N) is 2. The minimum atomic E-state index is 0.250. The number of hydrogen-bond donors (Lipinski definition) is 1. The summed E-state index contributed by atoms with van der Waals surface area (Å²) < 4.78 is 4.78. The zero-order valence-corrected chi connectivity index (χ0v) is 34.2. The van der Waals surface area contributed by atoms with Crippen molar-refractivity contribution < 1.29 is 5.11 Å². The van der Waals surface area contributed by atoms with Gasteiger partial charge in [0.2, 0.25) is 0 Å². The maximum absolute atomic E-state index is 11.3. The fraction of sp³-hybridized carbons (Fsp3) is 0. The largest absolute Gasteiger partial charge is 0.508 e. The Bertz CT molecular complexity index is 3750. The molecule has 0 atom stereocenters. The molecule has 294 valence electrons. The molecular weight excluding hydrogens is 765 g/mol. The van der Waals surface area contributed by atoms with Crippen LogP contribution in [0.5, 0.6) is 5.75 Å². The Morgan fingerprint density at radius 1 is 0.270 bits per heavy atom. The van der Waals surface area contributed by atoms with Crippen molar-refractivity contribution in [2.75, 3.05) is 0 Å². The third kappa shape index (κ3) is 5.40. The Hall–Kier alpha value is -8.40. The maximum atomic E-state index is 11.3. The summed E-state index contributed by atoms with van der Waals surface area (Å²) in [4.78, 5) is 0. The van der Waals surface area contributed by atoms with Gasteiger partial charge in [-0.3, -0.25) is 0 Å². The third-order valence-corrected chi connectivity index (χ3v) is 13.2. The highest BCUT2D eigenvalue weighted by Gasteiger charge is 2.21. The minimum Gasteiger partial charge on any atom is -0.508 e. The van der Waals surface area contributed by atoms with Gasteiger partial charge in [0.05, 0.1) is 22.1 Å². The van der Waals surface area contributed by atoms with Gasteiger partial charge in [0, 0.05) is 32.9 Å². The molecule has 2 aromatic heterocycles. The van der Waals surface area contributed by atoms with Crippen LogP contribution in [0.2, 0.25) is 0 Å². The lowest BCUT2D eigenvalue weighted by Gasteiger charge is -2.19. The van der Waals surface area contributed by atoms with E-state index in [4.69, 9.17) is 0 Å². The minimum absolute atomic E-state index is 0.250. The van der Waals surface area contributed by atoms with Gasteiger partial charge in [-0.05, 0) is 132 Å². The average Bonchev–Trinajstić information content (AvgIpc) is 3.85. The first-order valence-electron chi connectivity index (χ1n) is 21.6. The zero-order valence-electron chi connectivity index (χ0n) is 34.2. The molecule has 0 aliphatic rings. The van der Waals surface area contributed by atoms with Crippen molar-refractivity contribution >= 4 is 75.9 Å². The number of aromatic hydroxyl groups is 1. The summed E-state index contributed by atoms with van der Waals surface area (Å²) in [6.07, 6.45) is 0. The molecule has 0 amide bonds. The molecule has 1 N–H and O–H groups in total. The van der Waals surface area contributed by atoms with Gasteiger partial charge in [0.1, 0.15) is 5.75 Å².